The van der Waals surface area contributed by atoms with E-state index in [1.165, 1.54) is 19.3 Å². The van der Waals surface area contributed by atoms with E-state index in [0.717, 1.165) is 13.0 Å². The summed E-state index contributed by atoms with van der Waals surface area (Å²) in [6.07, 6.45) is 5.49. The largest absolute Gasteiger partial charge is 0.394 e. The van der Waals surface area contributed by atoms with Crippen molar-refractivity contribution in [2.45, 2.75) is 45.1 Å². The molecule has 2 fully saturated rings. The first-order valence-corrected chi connectivity index (χ1v) is 6.12. The van der Waals surface area contributed by atoms with Gasteiger partial charge in [0, 0.05) is 13.0 Å². The Morgan fingerprint density at radius 1 is 1.40 bits per heavy atom. The summed E-state index contributed by atoms with van der Waals surface area (Å²) in [6, 6.07) is 0.0811. The minimum Gasteiger partial charge on any atom is -0.394 e. The zero-order chi connectivity index (χ0) is 10.8. The number of amides is 1. The normalized spacial score (nSPS) is 31.7. The molecule has 0 bridgehead atoms. The number of carbonyl (C=O) groups excluding carboxylic acids is 1. The minimum absolute atomic E-state index is 0.0811. The van der Waals surface area contributed by atoms with Crippen molar-refractivity contribution in [3.05, 3.63) is 0 Å². The van der Waals surface area contributed by atoms with Gasteiger partial charge in [-0.25, -0.2) is 0 Å². The molecule has 1 aliphatic heterocycles. The Kier molecular flexibility index (Phi) is 3.29. The lowest BCUT2D eigenvalue weighted by atomic mass is 9.82. The third-order valence-electron chi connectivity index (χ3n) is 4.08. The number of carbonyl (C=O) groups is 1. The van der Waals surface area contributed by atoms with Crippen LogP contribution in [0.1, 0.15) is 39.0 Å². The molecule has 3 nitrogen and oxygen atoms in total. The highest BCUT2D eigenvalue weighted by Gasteiger charge is 2.35. The lowest BCUT2D eigenvalue weighted by Crippen LogP contribution is -2.41. The fraction of sp³-hybridized carbons (Fsp3) is 0.917. The van der Waals surface area contributed by atoms with Crippen LogP contribution in [0.2, 0.25) is 0 Å². The zero-order valence-electron chi connectivity index (χ0n) is 9.48. The van der Waals surface area contributed by atoms with Gasteiger partial charge >= 0.3 is 0 Å². The van der Waals surface area contributed by atoms with Gasteiger partial charge in [0.25, 0.3) is 0 Å². The van der Waals surface area contributed by atoms with Gasteiger partial charge in [-0.1, -0.05) is 13.3 Å². The molecule has 0 aromatic rings. The topological polar surface area (TPSA) is 40.5 Å². The summed E-state index contributed by atoms with van der Waals surface area (Å²) in [5.74, 6) is 1.36. The van der Waals surface area contributed by atoms with E-state index in [-0.39, 0.29) is 18.6 Å². The lowest BCUT2D eigenvalue weighted by Gasteiger charge is -2.30. The van der Waals surface area contributed by atoms with Crippen LogP contribution in [0.3, 0.4) is 0 Å². The third kappa shape index (κ3) is 2.17. The summed E-state index contributed by atoms with van der Waals surface area (Å²) in [7, 11) is 0. The van der Waals surface area contributed by atoms with Crippen molar-refractivity contribution in [3.63, 3.8) is 0 Å². The molecule has 1 N–H and O–H groups in total. The van der Waals surface area contributed by atoms with Gasteiger partial charge in [0.05, 0.1) is 12.6 Å². The van der Waals surface area contributed by atoms with Crippen LogP contribution in [0.25, 0.3) is 0 Å². The number of hydrogen-bond acceptors (Lipinski definition) is 2. The highest BCUT2D eigenvalue weighted by Crippen LogP contribution is 2.32. The van der Waals surface area contributed by atoms with Crippen LogP contribution in [-0.4, -0.2) is 35.1 Å². The number of aliphatic hydroxyl groups excluding tert-OH is 1. The van der Waals surface area contributed by atoms with Crippen LogP contribution in [0.4, 0.5) is 0 Å². The maximum atomic E-state index is 12.0. The second-order valence-corrected chi connectivity index (χ2v) is 5.10. The lowest BCUT2D eigenvalue weighted by molar-refractivity contribution is -0.134. The first kappa shape index (κ1) is 10.9. The molecule has 3 heteroatoms. The van der Waals surface area contributed by atoms with Crippen molar-refractivity contribution in [1.29, 1.82) is 0 Å². The van der Waals surface area contributed by atoms with E-state index in [1.807, 2.05) is 4.90 Å². The van der Waals surface area contributed by atoms with Gasteiger partial charge < -0.3 is 10.0 Å². The average Bonchev–Trinajstić information content (AvgIpc) is 2.52. The number of aliphatic hydroxyl groups is 1. The Bertz CT molecular complexity index is 238. The molecular weight excluding hydrogens is 190 g/mol. The molecule has 1 saturated heterocycles. The molecule has 0 radical (unpaired) electrons. The van der Waals surface area contributed by atoms with E-state index in [1.54, 1.807) is 0 Å². The molecule has 2 aliphatic rings. The molecule has 2 unspecified atom stereocenters. The van der Waals surface area contributed by atoms with Crippen molar-refractivity contribution in [2.75, 3.05) is 13.2 Å². The fourth-order valence-electron chi connectivity index (χ4n) is 2.66. The molecule has 86 valence electrons. The maximum Gasteiger partial charge on any atom is 0.223 e. The van der Waals surface area contributed by atoms with Gasteiger partial charge in [-0.15, -0.1) is 0 Å². The number of rotatable bonds is 3. The summed E-state index contributed by atoms with van der Waals surface area (Å²) in [6.45, 7) is 3.09. The van der Waals surface area contributed by atoms with E-state index in [0.29, 0.717) is 18.3 Å². The molecule has 1 amide bonds. The quantitative estimate of drug-likeness (QED) is 0.766. The van der Waals surface area contributed by atoms with Gasteiger partial charge in [-0.3, -0.25) is 4.79 Å². The molecule has 1 saturated carbocycles. The smallest absolute Gasteiger partial charge is 0.223 e. The van der Waals surface area contributed by atoms with E-state index in [2.05, 4.69) is 6.92 Å². The second-order valence-electron chi connectivity index (χ2n) is 5.10. The van der Waals surface area contributed by atoms with E-state index < -0.39 is 0 Å². The molecule has 0 aromatic heterocycles. The predicted molar refractivity (Wildman–Crippen MR) is 58.3 cm³/mol. The van der Waals surface area contributed by atoms with Crippen molar-refractivity contribution in [3.8, 4) is 0 Å². The average molecular weight is 211 g/mol. The van der Waals surface area contributed by atoms with E-state index >= 15 is 0 Å². The zero-order valence-corrected chi connectivity index (χ0v) is 9.48. The molecule has 2 atom stereocenters. The van der Waals surface area contributed by atoms with Crippen LogP contribution in [0, 0.1) is 11.8 Å². The molecular formula is C12H21NO2. The van der Waals surface area contributed by atoms with E-state index in [9.17, 15) is 9.90 Å². The van der Waals surface area contributed by atoms with Crippen LogP contribution in [0.15, 0.2) is 0 Å². The van der Waals surface area contributed by atoms with Crippen molar-refractivity contribution < 1.29 is 9.90 Å². The van der Waals surface area contributed by atoms with Gasteiger partial charge in [0.2, 0.25) is 5.91 Å². The van der Waals surface area contributed by atoms with Crippen LogP contribution in [-0.2, 0) is 4.79 Å². The summed E-state index contributed by atoms with van der Waals surface area (Å²) >= 11 is 0. The summed E-state index contributed by atoms with van der Waals surface area (Å²) < 4.78 is 0. The minimum atomic E-state index is 0.0811. The standard InChI is InChI=1S/C12H21NO2/c1-9-5-6-13(11(9)8-14)12(15)7-10-3-2-4-10/h9-11,14H,2-8H2,1H3. The first-order valence-electron chi connectivity index (χ1n) is 6.12. The SMILES string of the molecule is CC1CCN(C(=O)CC2CCC2)C1CO. The molecule has 1 heterocycles. The van der Waals surface area contributed by atoms with Gasteiger partial charge in [-0.2, -0.15) is 0 Å². The molecule has 2 rings (SSSR count). The second kappa shape index (κ2) is 4.52. The Labute approximate surface area is 91.5 Å². The number of likely N-dealkylation sites (tertiary alicyclic amines) is 1. The highest BCUT2D eigenvalue weighted by atomic mass is 16.3. The van der Waals surface area contributed by atoms with Crippen LogP contribution < -0.4 is 0 Å². The van der Waals surface area contributed by atoms with Crippen LogP contribution >= 0.6 is 0 Å². The van der Waals surface area contributed by atoms with Gasteiger partial charge in [0.1, 0.15) is 0 Å². The number of nitrogens with zero attached hydrogens (tertiary/aromatic N) is 1. The third-order valence-corrected chi connectivity index (χ3v) is 4.08. The first-order chi connectivity index (χ1) is 7.22. The molecule has 1 aliphatic carbocycles. The Morgan fingerprint density at radius 3 is 2.67 bits per heavy atom. The van der Waals surface area contributed by atoms with Gasteiger partial charge in [-0.05, 0) is 31.1 Å². The molecule has 15 heavy (non-hydrogen) atoms. The monoisotopic (exact) mass is 211 g/mol. The van der Waals surface area contributed by atoms with Crippen LogP contribution in [0.5, 0.6) is 0 Å². The predicted octanol–water partition coefficient (Wildman–Crippen LogP) is 1.41. The Hall–Kier alpha value is -0.570. The summed E-state index contributed by atoms with van der Waals surface area (Å²) in [5, 5.41) is 9.27. The number of hydrogen-bond donors (Lipinski definition) is 1. The van der Waals surface area contributed by atoms with Crippen molar-refractivity contribution in [2.24, 2.45) is 11.8 Å². The Balaban J connectivity index is 1.88. The molecule has 0 spiro atoms. The maximum absolute atomic E-state index is 12.0. The summed E-state index contributed by atoms with van der Waals surface area (Å²) in [4.78, 5) is 13.9. The van der Waals surface area contributed by atoms with Gasteiger partial charge in [0.15, 0.2) is 0 Å². The fourth-order valence-corrected chi connectivity index (χ4v) is 2.66. The van der Waals surface area contributed by atoms with Crippen molar-refractivity contribution >= 4 is 5.91 Å². The van der Waals surface area contributed by atoms with Crippen molar-refractivity contribution in [1.82, 2.24) is 4.90 Å². The highest BCUT2D eigenvalue weighted by molar-refractivity contribution is 5.77. The Morgan fingerprint density at radius 2 is 2.13 bits per heavy atom. The van der Waals surface area contributed by atoms with E-state index in [4.69, 9.17) is 0 Å². The molecule has 0 aromatic carbocycles. The summed E-state index contributed by atoms with van der Waals surface area (Å²) in [5.41, 5.74) is 0.